The van der Waals surface area contributed by atoms with Crippen molar-refractivity contribution in [2.75, 3.05) is 0 Å². The van der Waals surface area contributed by atoms with E-state index in [1.54, 1.807) is 4.68 Å². The van der Waals surface area contributed by atoms with Gasteiger partial charge in [-0.2, -0.15) is 0 Å². The minimum absolute atomic E-state index is 0.354. The molecule has 0 N–H and O–H groups in total. The van der Waals surface area contributed by atoms with Crippen LogP contribution < -0.4 is 0 Å². The molecule has 4 nitrogen and oxygen atoms in total. The lowest BCUT2D eigenvalue weighted by Crippen LogP contribution is -2.03. The minimum atomic E-state index is 0.354. The van der Waals surface area contributed by atoms with Crippen molar-refractivity contribution in [1.29, 1.82) is 0 Å². The molecule has 0 saturated carbocycles. The Balaban J connectivity index is 2.25. The van der Waals surface area contributed by atoms with E-state index in [4.69, 9.17) is 0 Å². The van der Waals surface area contributed by atoms with Gasteiger partial charge in [0.2, 0.25) is 0 Å². The molecule has 3 rings (SSSR count). The average molecular weight is 277 g/mol. The highest BCUT2D eigenvalue weighted by Crippen LogP contribution is 2.25. The predicted octanol–water partition coefficient (Wildman–Crippen LogP) is 3.31. The van der Waals surface area contributed by atoms with Crippen molar-refractivity contribution < 1.29 is 4.79 Å². The number of rotatable bonds is 4. The lowest BCUT2D eigenvalue weighted by molar-refractivity contribution is 0.111. The lowest BCUT2D eigenvalue weighted by Gasteiger charge is -2.10. The number of nitrogens with zero attached hydrogens (tertiary/aromatic N) is 3. The van der Waals surface area contributed by atoms with Gasteiger partial charge >= 0.3 is 0 Å². The standard InChI is InChI=1S/C17H15N3O/c1-2-13-8-6-7-11-16(13)20-17(15(12-21)18-19-20)14-9-4-3-5-10-14/h3-12H,2H2,1H3. The van der Waals surface area contributed by atoms with Crippen molar-refractivity contribution in [3.8, 4) is 16.9 Å². The normalized spacial score (nSPS) is 10.5. The van der Waals surface area contributed by atoms with Gasteiger partial charge in [-0.15, -0.1) is 5.10 Å². The highest BCUT2D eigenvalue weighted by molar-refractivity contribution is 5.84. The molecule has 1 aromatic heterocycles. The van der Waals surface area contributed by atoms with Gasteiger partial charge in [-0.25, -0.2) is 4.68 Å². The van der Waals surface area contributed by atoms with Crippen molar-refractivity contribution >= 4 is 6.29 Å². The molecule has 3 aromatic rings. The van der Waals surface area contributed by atoms with E-state index >= 15 is 0 Å². The number of carbonyl (C=O) groups is 1. The predicted molar refractivity (Wildman–Crippen MR) is 81.6 cm³/mol. The van der Waals surface area contributed by atoms with Crippen molar-refractivity contribution in [3.63, 3.8) is 0 Å². The van der Waals surface area contributed by atoms with Crippen LogP contribution in [0.4, 0.5) is 0 Å². The summed E-state index contributed by atoms with van der Waals surface area (Å²) >= 11 is 0. The molecule has 104 valence electrons. The third-order valence-corrected chi connectivity index (χ3v) is 3.46. The summed E-state index contributed by atoms with van der Waals surface area (Å²) in [6.07, 6.45) is 1.64. The molecule has 0 aliphatic carbocycles. The smallest absolute Gasteiger partial charge is 0.172 e. The SMILES string of the molecule is CCc1ccccc1-n1nnc(C=O)c1-c1ccccc1. The second-order valence-corrected chi connectivity index (χ2v) is 4.70. The zero-order valence-electron chi connectivity index (χ0n) is 11.7. The van der Waals surface area contributed by atoms with Gasteiger partial charge in [0.1, 0.15) is 5.69 Å². The third-order valence-electron chi connectivity index (χ3n) is 3.46. The van der Waals surface area contributed by atoms with E-state index in [1.165, 1.54) is 0 Å². The highest BCUT2D eigenvalue weighted by atomic mass is 16.1. The van der Waals surface area contributed by atoms with Crippen LogP contribution in [0.2, 0.25) is 0 Å². The zero-order chi connectivity index (χ0) is 14.7. The fourth-order valence-electron chi connectivity index (χ4n) is 2.42. The molecule has 0 saturated heterocycles. The molecule has 0 atom stereocenters. The fourth-order valence-corrected chi connectivity index (χ4v) is 2.42. The maximum atomic E-state index is 11.3. The lowest BCUT2D eigenvalue weighted by atomic mass is 10.1. The quantitative estimate of drug-likeness (QED) is 0.687. The Morgan fingerprint density at radius 2 is 1.76 bits per heavy atom. The van der Waals surface area contributed by atoms with Gasteiger partial charge in [-0.1, -0.05) is 60.7 Å². The molecule has 1 heterocycles. The van der Waals surface area contributed by atoms with E-state index < -0.39 is 0 Å². The third kappa shape index (κ3) is 2.36. The monoisotopic (exact) mass is 277 g/mol. The topological polar surface area (TPSA) is 47.8 Å². The van der Waals surface area contributed by atoms with Gasteiger partial charge < -0.3 is 0 Å². The first kappa shape index (κ1) is 13.2. The molecule has 2 aromatic carbocycles. The molecular formula is C17H15N3O. The van der Waals surface area contributed by atoms with Crippen LogP contribution in [0.25, 0.3) is 16.9 Å². The van der Waals surface area contributed by atoms with E-state index in [0.29, 0.717) is 5.69 Å². The second kappa shape index (κ2) is 5.71. The number of para-hydroxylation sites is 1. The van der Waals surface area contributed by atoms with Crippen LogP contribution in [0.3, 0.4) is 0 Å². The van der Waals surface area contributed by atoms with E-state index in [0.717, 1.165) is 35.2 Å². The van der Waals surface area contributed by atoms with Gasteiger partial charge in [-0.3, -0.25) is 4.79 Å². The molecular weight excluding hydrogens is 262 g/mol. The maximum Gasteiger partial charge on any atom is 0.172 e. The van der Waals surface area contributed by atoms with E-state index in [1.807, 2.05) is 48.5 Å². The maximum absolute atomic E-state index is 11.3. The number of aldehydes is 1. The Labute approximate surface area is 123 Å². The number of hydrogen-bond acceptors (Lipinski definition) is 3. The number of benzene rings is 2. The van der Waals surface area contributed by atoms with Gasteiger partial charge in [0.15, 0.2) is 12.0 Å². The van der Waals surface area contributed by atoms with Gasteiger partial charge in [0.25, 0.3) is 0 Å². The van der Waals surface area contributed by atoms with Gasteiger partial charge in [0.05, 0.1) is 5.69 Å². The summed E-state index contributed by atoms with van der Waals surface area (Å²) in [7, 11) is 0. The summed E-state index contributed by atoms with van der Waals surface area (Å²) in [6.45, 7) is 2.10. The van der Waals surface area contributed by atoms with Crippen LogP contribution in [0.5, 0.6) is 0 Å². The van der Waals surface area contributed by atoms with E-state index in [9.17, 15) is 4.79 Å². The van der Waals surface area contributed by atoms with E-state index in [-0.39, 0.29) is 0 Å². The van der Waals surface area contributed by atoms with Gasteiger partial charge in [-0.05, 0) is 18.1 Å². The second-order valence-electron chi connectivity index (χ2n) is 4.70. The fraction of sp³-hybridized carbons (Fsp3) is 0.118. The number of aromatic nitrogens is 3. The molecule has 0 aliphatic heterocycles. The van der Waals surface area contributed by atoms with Crippen LogP contribution in [-0.4, -0.2) is 21.3 Å². The van der Waals surface area contributed by atoms with Gasteiger partial charge in [0, 0.05) is 5.56 Å². The highest BCUT2D eigenvalue weighted by Gasteiger charge is 2.16. The molecule has 0 aliphatic rings. The van der Waals surface area contributed by atoms with E-state index in [2.05, 4.69) is 23.3 Å². The summed E-state index contributed by atoms with van der Waals surface area (Å²) in [4.78, 5) is 11.3. The van der Waals surface area contributed by atoms with Crippen molar-refractivity contribution in [2.45, 2.75) is 13.3 Å². The van der Waals surface area contributed by atoms with Crippen molar-refractivity contribution in [2.24, 2.45) is 0 Å². The Hall–Kier alpha value is -2.75. The molecule has 0 bridgehead atoms. The van der Waals surface area contributed by atoms with Crippen LogP contribution in [0.15, 0.2) is 54.6 Å². The molecule has 0 unspecified atom stereocenters. The molecule has 0 radical (unpaired) electrons. The Kier molecular flexibility index (Phi) is 3.60. The molecule has 4 heteroatoms. The number of hydrogen-bond donors (Lipinski definition) is 0. The van der Waals surface area contributed by atoms with Crippen LogP contribution in [-0.2, 0) is 6.42 Å². The molecule has 0 amide bonds. The summed E-state index contributed by atoms with van der Waals surface area (Å²) in [6, 6.07) is 17.8. The Morgan fingerprint density at radius 3 is 2.48 bits per heavy atom. The summed E-state index contributed by atoms with van der Waals surface area (Å²) < 4.78 is 1.75. The molecule has 0 spiro atoms. The van der Waals surface area contributed by atoms with Crippen molar-refractivity contribution in [3.05, 3.63) is 65.9 Å². The first-order valence-electron chi connectivity index (χ1n) is 6.89. The van der Waals surface area contributed by atoms with Crippen LogP contribution in [0.1, 0.15) is 23.0 Å². The molecule has 21 heavy (non-hydrogen) atoms. The first-order chi connectivity index (χ1) is 10.3. The summed E-state index contributed by atoms with van der Waals surface area (Å²) in [5, 5.41) is 8.19. The number of carbonyl (C=O) groups excluding carboxylic acids is 1. The first-order valence-corrected chi connectivity index (χ1v) is 6.89. The summed E-state index contributed by atoms with van der Waals surface area (Å²) in [5.41, 5.74) is 4.13. The minimum Gasteiger partial charge on any atom is -0.296 e. The van der Waals surface area contributed by atoms with Crippen LogP contribution >= 0.6 is 0 Å². The largest absolute Gasteiger partial charge is 0.296 e. The number of aryl methyl sites for hydroxylation is 1. The molecule has 0 fully saturated rings. The zero-order valence-corrected chi connectivity index (χ0v) is 11.7. The average Bonchev–Trinajstić information content (AvgIpc) is 2.99. The van der Waals surface area contributed by atoms with Crippen molar-refractivity contribution in [1.82, 2.24) is 15.0 Å². The summed E-state index contributed by atoms with van der Waals surface area (Å²) in [5.74, 6) is 0. The Bertz CT molecular complexity index is 763. The Morgan fingerprint density at radius 1 is 1.05 bits per heavy atom. The van der Waals surface area contributed by atoms with Crippen LogP contribution in [0, 0.1) is 0 Å².